The maximum atomic E-state index is 11.4. The molecule has 0 saturated carbocycles. The third-order valence-corrected chi connectivity index (χ3v) is 1.76. The molecule has 1 rings (SSSR count). The van der Waals surface area contributed by atoms with Crippen molar-refractivity contribution in [1.82, 2.24) is 20.5 Å². The van der Waals surface area contributed by atoms with Crippen LogP contribution in [-0.2, 0) is 0 Å². The second-order valence-corrected chi connectivity index (χ2v) is 3.20. The summed E-state index contributed by atoms with van der Waals surface area (Å²) in [5.41, 5.74) is 0. The fourth-order valence-electron chi connectivity index (χ4n) is 0.925. The summed E-state index contributed by atoms with van der Waals surface area (Å²) in [4.78, 5) is 15.2. The largest absolute Gasteiger partial charge is 0.335 e. The Morgan fingerprint density at radius 2 is 2.43 bits per heavy atom. The molecule has 1 amide bonds. The monoisotopic (exact) mass is 192 g/mol. The van der Waals surface area contributed by atoms with E-state index in [9.17, 15) is 4.79 Å². The van der Waals surface area contributed by atoms with E-state index in [4.69, 9.17) is 6.42 Å². The number of terminal acetylenes is 1. The normalized spacial score (nSPS) is 12.1. The second kappa shape index (κ2) is 4.42. The van der Waals surface area contributed by atoms with Crippen LogP contribution >= 0.6 is 0 Å². The van der Waals surface area contributed by atoms with E-state index in [-0.39, 0.29) is 23.7 Å². The highest BCUT2D eigenvalue weighted by Gasteiger charge is 2.15. The summed E-state index contributed by atoms with van der Waals surface area (Å²) in [6.07, 6.45) is 6.54. The van der Waals surface area contributed by atoms with Gasteiger partial charge in [0.15, 0.2) is 0 Å². The van der Waals surface area contributed by atoms with Gasteiger partial charge in [0.05, 0.1) is 6.04 Å². The Morgan fingerprint density at radius 3 is 2.86 bits per heavy atom. The first-order chi connectivity index (χ1) is 6.65. The summed E-state index contributed by atoms with van der Waals surface area (Å²) in [7, 11) is 0. The Morgan fingerprint density at radius 1 is 1.71 bits per heavy atom. The lowest BCUT2D eigenvalue weighted by atomic mass is 10.1. The van der Waals surface area contributed by atoms with Crippen molar-refractivity contribution in [2.45, 2.75) is 19.9 Å². The summed E-state index contributed by atoms with van der Waals surface area (Å²) >= 11 is 0. The van der Waals surface area contributed by atoms with Gasteiger partial charge in [-0.25, -0.2) is 4.98 Å². The van der Waals surface area contributed by atoms with Crippen molar-refractivity contribution in [3.8, 4) is 12.3 Å². The summed E-state index contributed by atoms with van der Waals surface area (Å²) in [5, 5.41) is 8.70. The molecule has 1 heterocycles. The molecule has 5 nitrogen and oxygen atoms in total. The molecule has 5 heteroatoms. The Bertz CT molecular complexity index is 336. The minimum atomic E-state index is -0.334. The minimum Gasteiger partial charge on any atom is -0.335 e. The van der Waals surface area contributed by atoms with Gasteiger partial charge in [0.1, 0.15) is 6.33 Å². The van der Waals surface area contributed by atoms with Crippen molar-refractivity contribution in [1.29, 1.82) is 0 Å². The fourth-order valence-corrected chi connectivity index (χ4v) is 0.925. The maximum absolute atomic E-state index is 11.4. The third-order valence-electron chi connectivity index (χ3n) is 1.76. The first-order valence-electron chi connectivity index (χ1n) is 4.27. The molecule has 0 aliphatic carbocycles. The van der Waals surface area contributed by atoms with E-state index < -0.39 is 0 Å². The molecule has 0 bridgehead atoms. The van der Waals surface area contributed by atoms with Crippen LogP contribution in [0.25, 0.3) is 0 Å². The Kier molecular flexibility index (Phi) is 3.24. The van der Waals surface area contributed by atoms with E-state index in [1.54, 1.807) is 0 Å². The average Bonchev–Trinajstić information content (AvgIpc) is 2.65. The lowest BCUT2D eigenvalue weighted by Crippen LogP contribution is -2.37. The van der Waals surface area contributed by atoms with Gasteiger partial charge >= 0.3 is 0 Å². The van der Waals surface area contributed by atoms with Crippen LogP contribution < -0.4 is 5.32 Å². The minimum absolute atomic E-state index is 0.172. The Balaban J connectivity index is 2.61. The van der Waals surface area contributed by atoms with E-state index in [1.165, 1.54) is 6.33 Å². The van der Waals surface area contributed by atoms with Crippen molar-refractivity contribution in [3.05, 3.63) is 12.2 Å². The van der Waals surface area contributed by atoms with Gasteiger partial charge in [-0.05, 0) is 5.92 Å². The molecule has 0 aliphatic rings. The average molecular weight is 192 g/mol. The molecule has 1 aromatic rings. The topological polar surface area (TPSA) is 70.7 Å². The quantitative estimate of drug-likeness (QED) is 0.672. The number of carbonyl (C=O) groups excluding carboxylic acids is 1. The summed E-state index contributed by atoms with van der Waals surface area (Å²) in [5.74, 6) is 2.53. The van der Waals surface area contributed by atoms with Gasteiger partial charge in [0, 0.05) is 0 Å². The van der Waals surface area contributed by atoms with Crippen LogP contribution in [-0.4, -0.2) is 27.1 Å². The van der Waals surface area contributed by atoms with Crippen molar-refractivity contribution in [2.75, 3.05) is 0 Å². The van der Waals surface area contributed by atoms with Crippen molar-refractivity contribution in [3.63, 3.8) is 0 Å². The van der Waals surface area contributed by atoms with Crippen LogP contribution in [0.15, 0.2) is 6.33 Å². The fraction of sp³-hybridized carbons (Fsp3) is 0.444. The molecule has 1 atom stereocenters. The van der Waals surface area contributed by atoms with Crippen molar-refractivity contribution in [2.24, 2.45) is 5.92 Å². The lowest BCUT2D eigenvalue weighted by Gasteiger charge is -2.15. The molecular formula is C9H12N4O. The van der Waals surface area contributed by atoms with Gasteiger partial charge in [0.2, 0.25) is 5.82 Å². The van der Waals surface area contributed by atoms with E-state index in [2.05, 4.69) is 26.4 Å². The van der Waals surface area contributed by atoms with Crippen LogP contribution in [0.4, 0.5) is 0 Å². The first kappa shape index (κ1) is 10.3. The SMILES string of the molecule is C#CC(NC(=O)c1ncn[nH]1)C(C)C. The number of aromatic nitrogens is 3. The van der Waals surface area contributed by atoms with Crippen LogP contribution in [0, 0.1) is 18.3 Å². The predicted molar refractivity (Wildman–Crippen MR) is 51.3 cm³/mol. The van der Waals surface area contributed by atoms with Crippen molar-refractivity contribution >= 4 is 5.91 Å². The van der Waals surface area contributed by atoms with Gasteiger partial charge in [0.25, 0.3) is 5.91 Å². The number of amides is 1. The van der Waals surface area contributed by atoms with Crippen LogP contribution in [0.5, 0.6) is 0 Å². The maximum Gasteiger partial charge on any atom is 0.289 e. The summed E-state index contributed by atoms with van der Waals surface area (Å²) < 4.78 is 0. The van der Waals surface area contributed by atoms with Crippen LogP contribution in [0.3, 0.4) is 0 Å². The summed E-state index contributed by atoms with van der Waals surface area (Å²) in [6.45, 7) is 3.87. The zero-order valence-corrected chi connectivity index (χ0v) is 8.11. The molecule has 1 unspecified atom stereocenters. The van der Waals surface area contributed by atoms with Crippen LogP contribution in [0.2, 0.25) is 0 Å². The molecule has 1 aromatic heterocycles. The van der Waals surface area contributed by atoms with Gasteiger partial charge in [-0.15, -0.1) is 6.42 Å². The van der Waals surface area contributed by atoms with E-state index >= 15 is 0 Å². The molecular weight excluding hydrogens is 180 g/mol. The molecule has 0 aromatic carbocycles. The van der Waals surface area contributed by atoms with Gasteiger partial charge in [-0.2, -0.15) is 5.10 Å². The van der Waals surface area contributed by atoms with E-state index in [0.717, 1.165) is 0 Å². The van der Waals surface area contributed by atoms with Gasteiger partial charge in [-0.3, -0.25) is 9.89 Å². The summed E-state index contributed by atoms with van der Waals surface area (Å²) in [6, 6.07) is -0.285. The first-order valence-corrected chi connectivity index (χ1v) is 4.27. The molecule has 0 radical (unpaired) electrons. The Hall–Kier alpha value is -1.83. The number of aromatic amines is 1. The second-order valence-electron chi connectivity index (χ2n) is 3.20. The Labute approximate surface area is 82.3 Å². The third kappa shape index (κ3) is 2.33. The van der Waals surface area contributed by atoms with E-state index in [0.29, 0.717) is 0 Å². The molecule has 0 spiro atoms. The molecule has 14 heavy (non-hydrogen) atoms. The molecule has 0 fully saturated rings. The number of rotatable bonds is 3. The standard InChI is InChI=1S/C9H12N4O/c1-4-7(6(2)3)12-9(14)8-10-5-11-13-8/h1,5-7H,2-3H3,(H,12,14)(H,10,11,13). The zero-order valence-electron chi connectivity index (χ0n) is 8.11. The molecule has 0 aliphatic heterocycles. The predicted octanol–water partition coefficient (Wildman–Crippen LogP) is 0.192. The highest BCUT2D eigenvalue weighted by molar-refractivity contribution is 5.90. The zero-order chi connectivity index (χ0) is 10.6. The number of hydrogen-bond acceptors (Lipinski definition) is 3. The molecule has 2 N–H and O–H groups in total. The molecule has 0 saturated heterocycles. The highest BCUT2D eigenvalue weighted by atomic mass is 16.2. The molecule has 74 valence electrons. The smallest absolute Gasteiger partial charge is 0.289 e. The lowest BCUT2D eigenvalue weighted by molar-refractivity contribution is 0.0928. The number of H-pyrrole nitrogens is 1. The van der Waals surface area contributed by atoms with Gasteiger partial charge in [-0.1, -0.05) is 19.8 Å². The number of carbonyl (C=O) groups is 1. The van der Waals surface area contributed by atoms with Gasteiger partial charge < -0.3 is 5.32 Å². The van der Waals surface area contributed by atoms with E-state index in [1.807, 2.05) is 13.8 Å². The van der Waals surface area contributed by atoms with Crippen LogP contribution in [0.1, 0.15) is 24.5 Å². The number of hydrogen-bond donors (Lipinski definition) is 2. The highest BCUT2D eigenvalue weighted by Crippen LogP contribution is 2.00. The van der Waals surface area contributed by atoms with Crippen molar-refractivity contribution < 1.29 is 4.79 Å². The number of nitrogens with zero attached hydrogens (tertiary/aromatic N) is 2. The number of nitrogens with one attached hydrogen (secondary N) is 2.